The lowest BCUT2D eigenvalue weighted by Crippen LogP contribution is -2.35. The van der Waals surface area contributed by atoms with Crippen molar-refractivity contribution in [2.45, 2.75) is 19.8 Å². The smallest absolute Gasteiger partial charge is 0.266 e. The molecule has 0 unspecified atom stereocenters. The van der Waals surface area contributed by atoms with Crippen LogP contribution in [-0.2, 0) is 11.2 Å². The SMILES string of the molecule is CCN1CC[C@H](CN(C)C(=O)Cc2cc(=O)[nH][nH]c2=O)C1. The number of nitrogens with zero attached hydrogens (tertiary/aromatic N) is 2. The predicted molar refractivity (Wildman–Crippen MR) is 79.2 cm³/mol. The molecule has 1 amide bonds. The lowest BCUT2D eigenvalue weighted by atomic mass is 10.1. The minimum Gasteiger partial charge on any atom is -0.345 e. The Balaban J connectivity index is 1.92. The Morgan fingerprint density at radius 1 is 1.43 bits per heavy atom. The molecule has 1 aliphatic heterocycles. The van der Waals surface area contributed by atoms with Gasteiger partial charge in [-0.3, -0.25) is 24.6 Å². The fourth-order valence-corrected chi connectivity index (χ4v) is 2.73. The van der Waals surface area contributed by atoms with Crippen LogP contribution in [0.1, 0.15) is 18.9 Å². The molecule has 0 radical (unpaired) electrons. The second kappa shape index (κ2) is 6.71. The lowest BCUT2D eigenvalue weighted by molar-refractivity contribution is -0.129. The molecule has 1 saturated heterocycles. The Bertz CT molecular complexity index is 607. The summed E-state index contributed by atoms with van der Waals surface area (Å²) in [5.41, 5.74) is -0.624. The van der Waals surface area contributed by atoms with Gasteiger partial charge < -0.3 is 9.80 Å². The summed E-state index contributed by atoms with van der Waals surface area (Å²) < 4.78 is 0. The van der Waals surface area contributed by atoms with Gasteiger partial charge in [-0.25, -0.2) is 0 Å². The highest BCUT2D eigenvalue weighted by Crippen LogP contribution is 2.16. The van der Waals surface area contributed by atoms with Gasteiger partial charge in [-0.05, 0) is 25.4 Å². The first kappa shape index (κ1) is 15.5. The van der Waals surface area contributed by atoms with Crippen LogP contribution < -0.4 is 11.1 Å². The van der Waals surface area contributed by atoms with Crippen molar-refractivity contribution in [3.8, 4) is 0 Å². The molecule has 0 saturated carbocycles. The number of amides is 1. The van der Waals surface area contributed by atoms with Gasteiger partial charge in [-0.2, -0.15) is 0 Å². The van der Waals surface area contributed by atoms with E-state index in [0.717, 1.165) is 26.1 Å². The quantitative estimate of drug-likeness (QED) is 0.759. The summed E-state index contributed by atoms with van der Waals surface area (Å²) in [5, 5.41) is 4.42. The van der Waals surface area contributed by atoms with Crippen LogP contribution in [0.25, 0.3) is 0 Å². The van der Waals surface area contributed by atoms with Crippen LogP contribution in [0.15, 0.2) is 15.7 Å². The topological polar surface area (TPSA) is 89.3 Å². The molecular weight excluding hydrogens is 272 g/mol. The fraction of sp³-hybridized carbons (Fsp3) is 0.643. The van der Waals surface area contributed by atoms with E-state index >= 15 is 0 Å². The molecule has 1 atom stereocenters. The highest BCUT2D eigenvalue weighted by molar-refractivity contribution is 5.78. The third kappa shape index (κ3) is 4.04. The lowest BCUT2D eigenvalue weighted by Gasteiger charge is -2.21. The van der Waals surface area contributed by atoms with Crippen LogP contribution in [0.3, 0.4) is 0 Å². The van der Waals surface area contributed by atoms with E-state index in [-0.39, 0.29) is 17.9 Å². The fourth-order valence-electron chi connectivity index (χ4n) is 2.73. The summed E-state index contributed by atoms with van der Waals surface area (Å²) >= 11 is 0. The van der Waals surface area contributed by atoms with Gasteiger partial charge in [-0.1, -0.05) is 6.92 Å². The van der Waals surface area contributed by atoms with Crippen LogP contribution >= 0.6 is 0 Å². The molecule has 7 heteroatoms. The number of hydrogen-bond acceptors (Lipinski definition) is 4. The van der Waals surface area contributed by atoms with E-state index in [1.807, 2.05) is 0 Å². The van der Waals surface area contributed by atoms with Crippen molar-refractivity contribution in [2.24, 2.45) is 5.92 Å². The molecule has 7 nitrogen and oxygen atoms in total. The summed E-state index contributed by atoms with van der Waals surface area (Å²) in [6.45, 7) is 5.96. The average Bonchev–Trinajstić information content (AvgIpc) is 2.90. The van der Waals surface area contributed by atoms with Gasteiger partial charge in [0, 0.05) is 31.8 Å². The van der Waals surface area contributed by atoms with Crippen molar-refractivity contribution >= 4 is 5.91 Å². The van der Waals surface area contributed by atoms with Crippen molar-refractivity contribution in [1.29, 1.82) is 0 Å². The first-order valence-electron chi connectivity index (χ1n) is 7.26. The molecule has 2 heterocycles. The standard InChI is InChI=1S/C14H22N4O3/c1-3-18-5-4-10(9-18)8-17(2)13(20)7-11-6-12(19)15-16-14(11)21/h6,10H,3-5,7-9H2,1-2H3,(H,15,19)(H,16,21)/t10-/m1/s1. The average molecular weight is 294 g/mol. The number of aromatic nitrogens is 2. The second-order valence-electron chi connectivity index (χ2n) is 5.61. The number of nitrogens with one attached hydrogen (secondary N) is 2. The zero-order valence-corrected chi connectivity index (χ0v) is 12.5. The number of likely N-dealkylation sites (N-methyl/N-ethyl adjacent to an activating group) is 1. The number of H-pyrrole nitrogens is 2. The number of carbonyl (C=O) groups is 1. The Kier molecular flexibility index (Phi) is 4.95. The van der Waals surface area contributed by atoms with E-state index in [9.17, 15) is 14.4 Å². The number of carbonyl (C=O) groups excluding carboxylic acids is 1. The summed E-state index contributed by atoms with van der Waals surface area (Å²) in [7, 11) is 1.75. The van der Waals surface area contributed by atoms with Gasteiger partial charge in [0.05, 0.1) is 6.42 Å². The highest BCUT2D eigenvalue weighted by Gasteiger charge is 2.24. The van der Waals surface area contributed by atoms with Crippen molar-refractivity contribution in [1.82, 2.24) is 20.0 Å². The second-order valence-corrected chi connectivity index (χ2v) is 5.61. The summed E-state index contributed by atoms with van der Waals surface area (Å²) in [5.74, 6) is 0.345. The molecule has 116 valence electrons. The minimum absolute atomic E-state index is 0.0417. The molecule has 0 bridgehead atoms. The van der Waals surface area contributed by atoms with Gasteiger partial charge in [-0.15, -0.1) is 0 Å². The van der Waals surface area contributed by atoms with Crippen LogP contribution in [0, 0.1) is 5.92 Å². The maximum atomic E-state index is 12.2. The predicted octanol–water partition coefficient (Wildman–Crippen LogP) is -0.594. The molecule has 0 aromatic carbocycles. The van der Waals surface area contributed by atoms with Crippen LogP contribution in [0.5, 0.6) is 0 Å². The van der Waals surface area contributed by atoms with E-state index in [1.165, 1.54) is 6.07 Å². The third-order valence-corrected chi connectivity index (χ3v) is 4.01. The summed E-state index contributed by atoms with van der Waals surface area (Å²) in [6, 6.07) is 1.18. The number of hydrogen-bond donors (Lipinski definition) is 2. The third-order valence-electron chi connectivity index (χ3n) is 4.01. The minimum atomic E-state index is -0.422. The molecule has 2 N–H and O–H groups in total. The highest BCUT2D eigenvalue weighted by atomic mass is 16.2. The van der Waals surface area contributed by atoms with E-state index in [0.29, 0.717) is 12.5 Å². The van der Waals surface area contributed by atoms with Crippen LogP contribution in [0.4, 0.5) is 0 Å². The molecule has 1 aliphatic rings. The van der Waals surface area contributed by atoms with Crippen LogP contribution in [-0.4, -0.2) is 59.1 Å². The van der Waals surface area contributed by atoms with Crippen molar-refractivity contribution < 1.29 is 4.79 Å². The van der Waals surface area contributed by atoms with Gasteiger partial charge >= 0.3 is 0 Å². The Morgan fingerprint density at radius 2 is 2.19 bits per heavy atom. The molecule has 1 fully saturated rings. The molecule has 2 rings (SSSR count). The molecular formula is C14H22N4O3. The van der Waals surface area contributed by atoms with Gasteiger partial charge in [0.2, 0.25) is 5.91 Å². The van der Waals surface area contributed by atoms with Gasteiger partial charge in [0.1, 0.15) is 0 Å². The molecule has 0 aliphatic carbocycles. The molecule has 1 aromatic rings. The van der Waals surface area contributed by atoms with Crippen molar-refractivity contribution in [2.75, 3.05) is 33.2 Å². The van der Waals surface area contributed by atoms with E-state index < -0.39 is 11.1 Å². The largest absolute Gasteiger partial charge is 0.345 e. The number of likely N-dealkylation sites (tertiary alicyclic amines) is 1. The Labute approximate surface area is 122 Å². The maximum Gasteiger partial charge on any atom is 0.266 e. The van der Waals surface area contributed by atoms with E-state index in [2.05, 4.69) is 22.0 Å². The summed E-state index contributed by atoms with van der Waals surface area (Å²) in [4.78, 5) is 38.9. The van der Waals surface area contributed by atoms with Gasteiger partial charge in [0.25, 0.3) is 11.1 Å². The van der Waals surface area contributed by atoms with Gasteiger partial charge in [0.15, 0.2) is 0 Å². The first-order valence-corrected chi connectivity index (χ1v) is 7.26. The first-order chi connectivity index (χ1) is 9.99. The van der Waals surface area contributed by atoms with Crippen molar-refractivity contribution in [3.63, 3.8) is 0 Å². The normalized spacial score (nSPS) is 18.9. The molecule has 0 spiro atoms. The number of rotatable bonds is 5. The summed E-state index contributed by atoms with van der Waals surface area (Å²) in [6.07, 6.45) is 1.05. The van der Waals surface area contributed by atoms with Crippen LogP contribution in [0.2, 0.25) is 0 Å². The Hall–Kier alpha value is -1.89. The zero-order chi connectivity index (χ0) is 15.4. The Morgan fingerprint density at radius 3 is 2.86 bits per heavy atom. The van der Waals surface area contributed by atoms with E-state index in [1.54, 1.807) is 11.9 Å². The molecule has 1 aromatic heterocycles. The monoisotopic (exact) mass is 294 g/mol. The number of aromatic amines is 2. The van der Waals surface area contributed by atoms with Crippen molar-refractivity contribution in [3.05, 3.63) is 32.3 Å². The molecule has 21 heavy (non-hydrogen) atoms. The maximum absolute atomic E-state index is 12.2. The van der Waals surface area contributed by atoms with E-state index in [4.69, 9.17) is 0 Å². The zero-order valence-electron chi connectivity index (χ0n) is 12.5.